The molecule has 1 heterocycles. The summed E-state index contributed by atoms with van der Waals surface area (Å²) in [5.41, 5.74) is 0.875. The second kappa shape index (κ2) is 8.33. The third-order valence-corrected chi connectivity index (χ3v) is 5.77. The largest absolute Gasteiger partial charge is 0.379 e. The zero-order valence-electron chi connectivity index (χ0n) is 15.7. The van der Waals surface area contributed by atoms with Gasteiger partial charge in [0.1, 0.15) is 0 Å². The van der Waals surface area contributed by atoms with Gasteiger partial charge in [-0.3, -0.25) is 9.69 Å². The molecular formula is C21H32N2O2. The predicted molar refractivity (Wildman–Crippen MR) is 101 cm³/mol. The van der Waals surface area contributed by atoms with Crippen molar-refractivity contribution in [1.82, 2.24) is 10.2 Å². The summed E-state index contributed by atoms with van der Waals surface area (Å²) in [5, 5.41) is 3.31. The van der Waals surface area contributed by atoms with Gasteiger partial charge in [0.25, 0.3) is 0 Å². The molecule has 1 aliphatic carbocycles. The number of benzene rings is 1. The van der Waals surface area contributed by atoms with Crippen LogP contribution in [-0.2, 0) is 14.9 Å². The molecule has 4 heteroatoms. The van der Waals surface area contributed by atoms with E-state index in [4.69, 9.17) is 4.74 Å². The molecule has 25 heavy (non-hydrogen) atoms. The molecular weight excluding hydrogens is 312 g/mol. The Labute approximate surface area is 151 Å². The van der Waals surface area contributed by atoms with Crippen LogP contribution in [0, 0.1) is 5.92 Å². The van der Waals surface area contributed by atoms with Gasteiger partial charge < -0.3 is 10.1 Å². The normalized spacial score (nSPS) is 21.6. The number of nitrogens with one attached hydrogen (secondary N) is 1. The third-order valence-electron chi connectivity index (χ3n) is 5.77. The van der Waals surface area contributed by atoms with E-state index in [0.717, 1.165) is 58.5 Å². The van der Waals surface area contributed by atoms with Gasteiger partial charge in [0.05, 0.1) is 18.6 Å². The number of morpholine rings is 1. The zero-order chi connectivity index (χ0) is 17.7. The fraction of sp³-hybridized carbons (Fsp3) is 0.667. The molecule has 1 aromatic rings. The molecule has 0 bridgehead atoms. The molecule has 3 rings (SSSR count). The topological polar surface area (TPSA) is 41.6 Å². The quantitative estimate of drug-likeness (QED) is 0.827. The Hall–Kier alpha value is -1.39. The van der Waals surface area contributed by atoms with Gasteiger partial charge >= 0.3 is 0 Å². The van der Waals surface area contributed by atoms with E-state index in [-0.39, 0.29) is 11.3 Å². The fourth-order valence-electron chi connectivity index (χ4n) is 4.16. The minimum absolute atomic E-state index is 0.215. The molecule has 138 valence electrons. The van der Waals surface area contributed by atoms with Gasteiger partial charge in [-0.2, -0.15) is 0 Å². The highest BCUT2D eigenvalue weighted by Gasteiger charge is 2.45. The first-order valence-electron chi connectivity index (χ1n) is 9.77. The Morgan fingerprint density at radius 1 is 1.20 bits per heavy atom. The molecule has 1 amide bonds. The Bertz CT molecular complexity index is 548. The summed E-state index contributed by atoms with van der Waals surface area (Å²) in [6.07, 6.45) is 4.18. The van der Waals surface area contributed by atoms with Gasteiger partial charge in [0, 0.05) is 25.7 Å². The first-order chi connectivity index (χ1) is 12.1. The Balaban J connectivity index is 1.64. The maximum Gasteiger partial charge on any atom is 0.230 e. The second-order valence-electron chi connectivity index (χ2n) is 7.94. The molecule has 4 nitrogen and oxygen atoms in total. The van der Waals surface area contributed by atoms with Crippen LogP contribution in [0.25, 0.3) is 0 Å². The molecule has 0 spiro atoms. The van der Waals surface area contributed by atoms with Crippen molar-refractivity contribution in [3.05, 3.63) is 35.9 Å². The molecule has 1 saturated carbocycles. The van der Waals surface area contributed by atoms with Crippen LogP contribution in [0.15, 0.2) is 30.3 Å². The molecule has 2 fully saturated rings. The van der Waals surface area contributed by atoms with Crippen molar-refractivity contribution in [3.63, 3.8) is 0 Å². The van der Waals surface area contributed by atoms with Crippen molar-refractivity contribution in [3.8, 4) is 0 Å². The van der Waals surface area contributed by atoms with Crippen LogP contribution in [0.2, 0.25) is 0 Å². The van der Waals surface area contributed by atoms with Gasteiger partial charge in [0.2, 0.25) is 5.91 Å². The van der Waals surface area contributed by atoms with Gasteiger partial charge in [-0.15, -0.1) is 0 Å². The van der Waals surface area contributed by atoms with Crippen molar-refractivity contribution in [2.75, 3.05) is 32.8 Å². The van der Waals surface area contributed by atoms with E-state index < -0.39 is 0 Å². The molecule has 1 N–H and O–H groups in total. The average Bonchev–Trinajstić information content (AvgIpc) is 2.59. The van der Waals surface area contributed by atoms with Crippen molar-refractivity contribution < 1.29 is 9.53 Å². The predicted octanol–water partition coefficient (Wildman–Crippen LogP) is 2.97. The molecule has 1 saturated heterocycles. The summed E-state index contributed by atoms with van der Waals surface area (Å²) in [4.78, 5) is 15.6. The van der Waals surface area contributed by atoms with Crippen LogP contribution in [-0.4, -0.2) is 49.7 Å². The second-order valence-corrected chi connectivity index (χ2v) is 7.94. The summed E-state index contributed by atoms with van der Waals surface area (Å²) < 4.78 is 5.49. The van der Waals surface area contributed by atoms with E-state index in [2.05, 4.69) is 36.2 Å². The number of ether oxygens (including phenoxy) is 1. The molecule has 1 aromatic carbocycles. The summed E-state index contributed by atoms with van der Waals surface area (Å²) in [5.74, 6) is 0.837. The van der Waals surface area contributed by atoms with E-state index in [0.29, 0.717) is 12.0 Å². The van der Waals surface area contributed by atoms with Gasteiger partial charge in [-0.1, -0.05) is 50.6 Å². The first-order valence-corrected chi connectivity index (χ1v) is 9.77. The van der Waals surface area contributed by atoms with E-state index in [1.807, 2.05) is 18.2 Å². The Kier molecular flexibility index (Phi) is 6.13. The maximum atomic E-state index is 13.1. The van der Waals surface area contributed by atoms with E-state index >= 15 is 0 Å². The lowest BCUT2D eigenvalue weighted by molar-refractivity contribution is -0.130. The minimum atomic E-state index is -0.297. The van der Waals surface area contributed by atoms with Gasteiger partial charge in [-0.25, -0.2) is 0 Å². The van der Waals surface area contributed by atoms with E-state index in [1.165, 1.54) is 5.56 Å². The number of nitrogens with zero attached hydrogens (tertiary/aromatic N) is 1. The lowest BCUT2D eigenvalue weighted by Crippen LogP contribution is -2.54. The van der Waals surface area contributed by atoms with Gasteiger partial charge in [0.15, 0.2) is 0 Å². The van der Waals surface area contributed by atoms with Gasteiger partial charge in [-0.05, 0) is 30.7 Å². The lowest BCUT2D eigenvalue weighted by Gasteiger charge is -2.42. The smallest absolute Gasteiger partial charge is 0.230 e. The monoisotopic (exact) mass is 344 g/mol. The maximum absolute atomic E-state index is 13.1. The number of carbonyl (C=O) groups is 1. The van der Waals surface area contributed by atoms with Crippen LogP contribution in [0.4, 0.5) is 0 Å². The van der Waals surface area contributed by atoms with Crippen LogP contribution < -0.4 is 5.32 Å². The minimum Gasteiger partial charge on any atom is -0.379 e. The summed E-state index contributed by atoms with van der Waals surface area (Å²) >= 11 is 0. The Morgan fingerprint density at radius 3 is 2.44 bits per heavy atom. The van der Waals surface area contributed by atoms with Crippen molar-refractivity contribution in [2.24, 2.45) is 5.92 Å². The van der Waals surface area contributed by atoms with Crippen molar-refractivity contribution in [1.29, 1.82) is 0 Å². The van der Waals surface area contributed by atoms with Crippen LogP contribution in [0.1, 0.15) is 45.1 Å². The lowest BCUT2D eigenvalue weighted by atomic mass is 9.64. The molecule has 2 aliphatic rings. The number of hydrogen-bond acceptors (Lipinski definition) is 3. The standard InChI is InChI=1S/C21H32N2O2/c1-17(2)15-19(23-11-13-25-14-12-23)16-22-20(24)21(9-6-10-21)18-7-4-3-5-8-18/h3-5,7-8,17,19H,6,9-16H2,1-2H3,(H,22,24). The summed E-state index contributed by atoms with van der Waals surface area (Å²) in [6, 6.07) is 10.7. The number of hydrogen-bond donors (Lipinski definition) is 1. The molecule has 1 unspecified atom stereocenters. The fourth-order valence-corrected chi connectivity index (χ4v) is 4.16. The van der Waals surface area contributed by atoms with Crippen LogP contribution in [0.5, 0.6) is 0 Å². The Morgan fingerprint density at radius 2 is 1.88 bits per heavy atom. The third kappa shape index (κ3) is 4.24. The number of carbonyl (C=O) groups excluding carboxylic acids is 1. The summed E-state index contributed by atoms with van der Waals surface area (Å²) in [7, 11) is 0. The van der Waals surface area contributed by atoms with E-state index in [9.17, 15) is 4.79 Å². The SMILES string of the molecule is CC(C)CC(CNC(=O)C1(c2ccccc2)CCC1)N1CCOCC1. The molecule has 1 aliphatic heterocycles. The zero-order valence-corrected chi connectivity index (χ0v) is 15.7. The molecule has 0 aromatic heterocycles. The first kappa shape index (κ1) is 18.4. The molecule has 0 radical (unpaired) electrons. The van der Waals surface area contributed by atoms with E-state index in [1.54, 1.807) is 0 Å². The molecule has 1 atom stereocenters. The highest BCUT2D eigenvalue weighted by Crippen LogP contribution is 2.43. The van der Waals surface area contributed by atoms with Crippen LogP contribution in [0.3, 0.4) is 0 Å². The van der Waals surface area contributed by atoms with Crippen molar-refractivity contribution in [2.45, 2.75) is 51.0 Å². The van der Waals surface area contributed by atoms with Crippen LogP contribution >= 0.6 is 0 Å². The van der Waals surface area contributed by atoms with Crippen molar-refractivity contribution >= 4 is 5.91 Å². The average molecular weight is 344 g/mol. The number of rotatable bonds is 7. The number of amides is 1. The highest BCUT2D eigenvalue weighted by atomic mass is 16.5. The highest BCUT2D eigenvalue weighted by molar-refractivity contribution is 5.89. The summed E-state index contributed by atoms with van der Waals surface area (Å²) in [6.45, 7) is 8.80.